The van der Waals surface area contributed by atoms with Crippen LogP contribution in [0.5, 0.6) is 0 Å². The predicted octanol–water partition coefficient (Wildman–Crippen LogP) is 2.73. The lowest BCUT2D eigenvalue weighted by atomic mass is 10.0. The summed E-state index contributed by atoms with van der Waals surface area (Å²) in [5.41, 5.74) is 7.34. The molecular weight excluding hydrogens is 388 g/mol. The first-order valence-corrected chi connectivity index (χ1v) is 10.0. The number of rotatable bonds is 6. The highest BCUT2D eigenvalue weighted by Gasteiger charge is 2.20. The molecule has 0 aliphatic carbocycles. The topological polar surface area (TPSA) is 102 Å². The number of aromatic nitrogens is 4. The van der Waals surface area contributed by atoms with Crippen molar-refractivity contribution in [3.8, 4) is 5.69 Å². The smallest absolute Gasteiger partial charge is 0.269 e. The molecule has 0 aliphatic rings. The van der Waals surface area contributed by atoms with E-state index in [4.69, 9.17) is 0 Å². The number of tetrazole rings is 1. The average Bonchev–Trinajstić information content (AvgIpc) is 3.20. The van der Waals surface area contributed by atoms with Crippen LogP contribution in [-0.2, 0) is 4.79 Å². The van der Waals surface area contributed by atoms with E-state index in [-0.39, 0.29) is 11.8 Å². The lowest BCUT2D eigenvalue weighted by molar-refractivity contribution is -0.121. The number of benzene rings is 2. The average molecular weight is 411 g/mol. The number of carbonyl (C=O) groups is 2. The minimum atomic E-state index is -0.522. The lowest BCUT2D eigenvalue weighted by Gasteiger charge is -2.13. The molecule has 0 bridgehead atoms. The van der Waals surface area contributed by atoms with Gasteiger partial charge in [0.2, 0.25) is 5.16 Å². The van der Waals surface area contributed by atoms with Crippen molar-refractivity contribution in [2.45, 2.75) is 37.1 Å². The number of hydrazine groups is 1. The third-order valence-electron chi connectivity index (χ3n) is 4.23. The molecule has 8 nitrogen and oxygen atoms in total. The Labute approximate surface area is 173 Å². The third kappa shape index (κ3) is 5.20. The first kappa shape index (κ1) is 20.5. The van der Waals surface area contributed by atoms with Gasteiger partial charge in [0.1, 0.15) is 0 Å². The van der Waals surface area contributed by atoms with E-state index < -0.39 is 5.25 Å². The molecule has 0 radical (unpaired) electrons. The summed E-state index contributed by atoms with van der Waals surface area (Å²) in [6.07, 6.45) is 0. The van der Waals surface area contributed by atoms with Crippen LogP contribution < -0.4 is 10.9 Å². The third-order valence-corrected chi connectivity index (χ3v) is 5.26. The zero-order valence-corrected chi connectivity index (χ0v) is 17.2. The SMILES string of the molecule is CC(C)c1ccc(-n2nnnc2S[C@@H](C)C(=O)NNC(=O)c2ccccc2)cc1. The van der Waals surface area contributed by atoms with Crippen LogP contribution in [0.2, 0.25) is 0 Å². The minimum Gasteiger partial charge on any atom is -0.272 e. The van der Waals surface area contributed by atoms with Crippen molar-refractivity contribution in [3.63, 3.8) is 0 Å². The van der Waals surface area contributed by atoms with E-state index in [1.54, 1.807) is 35.9 Å². The van der Waals surface area contributed by atoms with Gasteiger partial charge >= 0.3 is 0 Å². The molecule has 3 rings (SSSR count). The van der Waals surface area contributed by atoms with Crippen LogP contribution in [0.1, 0.15) is 42.6 Å². The van der Waals surface area contributed by atoms with Crippen molar-refractivity contribution in [3.05, 3.63) is 65.7 Å². The minimum absolute atomic E-state index is 0.357. The van der Waals surface area contributed by atoms with Gasteiger partial charge in [-0.25, -0.2) is 0 Å². The summed E-state index contributed by atoms with van der Waals surface area (Å²) >= 11 is 1.20. The Kier molecular flexibility index (Phi) is 6.61. The first-order valence-electron chi connectivity index (χ1n) is 9.16. The molecule has 1 atom stereocenters. The normalized spacial score (nSPS) is 11.9. The molecule has 0 saturated carbocycles. The van der Waals surface area contributed by atoms with Crippen LogP contribution in [0.3, 0.4) is 0 Å². The lowest BCUT2D eigenvalue weighted by Crippen LogP contribution is -2.44. The quantitative estimate of drug-likeness (QED) is 0.479. The molecule has 2 N–H and O–H groups in total. The van der Waals surface area contributed by atoms with Crippen molar-refractivity contribution in [1.29, 1.82) is 0 Å². The fourth-order valence-corrected chi connectivity index (χ4v) is 3.32. The second kappa shape index (κ2) is 9.33. The molecule has 0 aliphatic heterocycles. The summed E-state index contributed by atoms with van der Waals surface area (Å²) in [5, 5.41) is 11.7. The van der Waals surface area contributed by atoms with Crippen LogP contribution >= 0.6 is 11.8 Å². The van der Waals surface area contributed by atoms with E-state index in [1.807, 2.05) is 30.3 Å². The van der Waals surface area contributed by atoms with Crippen molar-refractivity contribution >= 4 is 23.6 Å². The van der Waals surface area contributed by atoms with Gasteiger partial charge in [-0.2, -0.15) is 4.68 Å². The van der Waals surface area contributed by atoms with Crippen molar-refractivity contribution in [2.75, 3.05) is 0 Å². The predicted molar refractivity (Wildman–Crippen MR) is 111 cm³/mol. The van der Waals surface area contributed by atoms with Gasteiger partial charge in [-0.3, -0.25) is 20.4 Å². The molecule has 3 aromatic rings. The highest BCUT2D eigenvalue weighted by atomic mass is 32.2. The highest BCUT2D eigenvalue weighted by molar-refractivity contribution is 8.00. The van der Waals surface area contributed by atoms with Crippen LogP contribution in [0.25, 0.3) is 5.69 Å². The largest absolute Gasteiger partial charge is 0.272 e. The zero-order chi connectivity index (χ0) is 20.8. The molecule has 0 fully saturated rings. The molecule has 2 aromatic carbocycles. The molecule has 0 spiro atoms. The summed E-state index contributed by atoms with van der Waals surface area (Å²) in [4.78, 5) is 24.4. The Balaban J connectivity index is 1.61. The Morgan fingerprint density at radius 2 is 1.66 bits per heavy atom. The number of nitrogens with zero attached hydrogens (tertiary/aromatic N) is 4. The maximum absolute atomic E-state index is 12.3. The molecule has 0 unspecified atom stereocenters. The Morgan fingerprint density at radius 1 is 0.966 bits per heavy atom. The highest BCUT2D eigenvalue weighted by Crippen LogP contribution is 2.24. The van der Waals surface area contributed by atoms with Crippen molar-refractivity contribution in [2.24, 2.45) is 0 Å². The van der Waals surface area contributed by atoms with Gasteiger partial charge in [0.15, 0.2) is 0 Å². The van der Waals surface area contributed by atoms with Gasteiger partial charge < -0.3 is 0 Å². The fourth-order valence-electron chi connectivity index (χ4n) is 2.51. The number of hydrogen-bond acceptors (Lipinski definition) is 6. The Hall–Kier alpha value is -3.20. The number of thioether (sulfide) groups is 1. The van der Waals surface area contributed by atoms with Crippen molar-refractivity contribution in [1.82, 2.24) is 31.1 Å². The molecule has 1 aromatic heterocycles. The first-order chi connectivity index (χ1) is 14.0. The van der Waals surface area contributed by atoms with Crippen LogP contribution in [0.4, 0.5) is 0 Å². The van der Waals surface area contributed by atoms with Crippen LogP contribution in [0.15, 0.2) is 59.8 Å². The van der Waals surface area contributed by atoms with Gasteiger partial charge in [-0.05, 0) is 53.1 Å². The van der Waals surface area contributed by atoms with Gasteiger partial charge in [0.05, 0.1) is 10.9 Å². The van der Waals surface area contributed by atoms with E-state index in [0.717, 1.165) is 5.69 Å². The molecule has 150 valence electrons. The summed E-state index contributed by atoms with van der Waals surface area (Å²) in [6.45, 7) is 5.98. The summed E-state index contributed by atoms with van der Waals surface area (Å²) < 4.78 is 1.58. The molecular formula is C20H22N6O2S. The van der Waals surface area contributed by atoms with Crippen molar-refractivity contribution < 1.29 is 9.59 Å². The summed E-state index contributed by atoms with van der Waals surface area (Å²) in [5.74, 6) is -0.309. The molecule has 2 amide bonds. The van der Waals surface area contributed by atoms with E-state index in [1.165, 1.54) is 17.3 Å². The van der Waals surface area contributed by atoms with Gasteiger partial charge in [-0.1, -0.05) is 55.9 Å². The maximum atomic E-state index is 12.3. The van der Waals surface area contributed by atoms with Gasteiger partial charge in [0.25, 0.3) is 11.8 Å². The van der Waals surface area contributed by atoms with E-state index in [0.29, 0.717) is 16.6 Å². The zero-order valence-electron chi connectivity index (χ0n) is 16.4. The van der Waals surface area contributed by atoms with Crippen LogP contribution in [0, 0.1) is 0 Å². The fraction of sp³-hybridized carbons (Fsp3) is 0.250. The van der Waals surface area contributed by atoms with E-state index in [2.05, 4.69) is 40.2 Å². The Morgan fingerprint density at radius 3 is 2.31 bits per heavy atom. The molecule has 0 saturated heterocycles. The number of nitrogens with one attached hydrogen (secondary N) is 2. The summed E-state index contributed by atoms with van der Waals surface area (Å²) in [7, 11) is 0. The molecule has 29 heavy (non-hydrogen) atoms. The van der Waals surface area contributed by atoms with Gasteiger partial charge in [-0.15, -0.1) is 5.10 Å². The molecule has 1 heterocycles. The molecule has 9 heteroatoms. The standard InChI is InChI=1S/C20H22N6O2S/c1-13(2)15-9-11-17(12-10-15)26-20(23-24-25-26)29-14(3)18(27)21-22-19(28)16-7-5-4-6-8-16/h4-14H,1-3H3,(H,21,27)(H,22,28)/t14-/m0/s1. The number of hydrogen-bond donors (Lipinski definition) is 2. The maximum Gasteiger partial charge on any atom is 0.269 e. The Bertz CT molecular complexity index is 972. The van der Waals surface area contributed by atoms with E-state index in [9.17, 15) is 9.59 Å². The second-order valence-corrected chi connectivity index (χ2v) is 8.00. The van der Waals surface area contributed by atoms with Gasteiger partial charge in [0, 0.05) is 5.56 Å². The number of carbonyl (C=O) groups excluding carboxylic acids is 2. The number of amides is 2. The van der Waals surface area contributed by atoms with E-state index >= 15 is 0 Å². The summed E-state index contributed by atoms with van der Waals surface area (Å²) in [6, 6.07) is 16.6. The monoisotopic (exact) mass is 410 g/mol. The van der Waals surface area contributed by atoms with Crippen LogP contribution in [-0.4, -0.2) is 37.3 Å². The second-order valence-electron chi connectivity index (χ2n) is 6.69.